The Hall–Kier alpha value is 0.230. The first-order chi connectivity index (χ1) is 8.91. The van der Waals surface area contributed by atoms with Crippen molar-refractivity contribution in [3.8, 4) is 0 Å². The van der Waals surface area contributed by atoms with E-state index in [9.17, 15) is 0 Å². The zero-order chi connectivity index (χ0) is 14.4. The smallest absolute Gasteiger partial charge is 0.327 e. The van der Waals surface area contributed by atoms with Gasteiger partial charge < -0.3 is 14.3 Å². The fourth-order valence-electron chi connectivity index (χ4n) is 2.08. The van der Waals surface area contributed by atoms with E-state index < -0.39 is 14.4 Å². The first kappa shape index (κ1) is 17.3. The van der Waals surface area contributed by atoms with Crippen molar-refractivity contribution in [3.63, 3.8) is 0 Å². The predicted octanol–water partition coefficient (Wildman–Crippen LogP) is 2.48. The van der Waals surface area contributed by atoms with Gasteiger partial charge in [-0.25, -0.2) is 0 Å². The number of likely N-dealkylation sites (N-methyl/N-ethyl adjacent to an activating group) is 2. The number of rotatable bonds is 10. The monoisotopic (exact) mass is 293 g/mol. The van der Waals surface area contributed by atoms with E-state index in [1.54, 1.807) is 0 Å². The van der Waals surface area contributed by atoms with Crippen LogP contribution in [0.3, 0.4) is 0 Å². The third-order valence-electron chi connectivity index (χ3n) is 3.38. The van der Waals surface area contributed by atoms with E-state index in [0.717, 1.165) is 30.4 Å². The highest BCUT2D eigenvalue weighted by Gasteiger charge is 2.44. The van der Waals surface area contributed by atoms with E-state index in [2.05, 4.69) is 19.4 Å². The van der Waals surface area contributed by atoms with E-state index in [1.807, 2.05) is 20.9 Å². The SMILES string of the molecule is CCOP1OC(C)(CCCC[N+](C)(C)CCNC)O1. The molecule has 0 aromatic heterocycles. The van der Waals surface area contributed by atoms with Gasteiger partial charge in [-0.15, -0.1) is 0 Å². The zero-order valence-corrected chi connectivity index (χ0v) is 14.0. The number of nitrogens with one attached hydrogen (secondary N) is 1. The summed E-state index contributed by atoms with van der Waals surface area (Å²) in [5, 5.41) is 3.21. The van der Waals surface area contributed by atoms with E-state index >= 15 is 0 Å². The highest BCUT2D eigenvalue weighted by atomic mass is 31.2. The topological polar surface area (TPSA) is 39.7 Å². The van der Waals surface area contributed by atoms with Crippen LogP contribution in [0.2, 0.25) is 0 Å². The van der Waals surface area contributed by atoms with Gasteiger partial charge in [0.05, 0.1) is 33.8 Å². The van der Waals surface area contributed by atoms with Gasteiger partial charge in [0.25, 0.3) is 0 Å². The van der Waals surface area contributed by atoms with Gasteiger partial charge in [0.15, 0.2) is 5.79 Å². The van der Waals surface area contributed by atoms with Gasteiger partial charge in [-0.3, -0.25) is 9.05 Å². The zero-order valence-electron chi connectivity index (χ0n) is 13.1. The molecule has 1 aliphatic heterocycles. The number of unbranched alkanes of at least 4 members (excludes halogenated alkanes) is 1. The molecule has 19 heavy (non-hydrogen) atoms. The Labute approximate surface area is 119 Å². The Kier molecular flexibility index (Phi) is 7.15. The van der Waals surface area contributed by atoms with Gasteiger partial charge in [0, 0.05) is 13.0 Å². The fraction of sp³-hybridized carbons (Fsp3) is 1.00. The van der Waals surface area contributed by atoms with Crippen LogP contribution in [0.4, 0.5) is 0 Å². The van der Waals surface area contributed by atoms with Crippen LogP contribution in [0, 0.1) is 0 Å². The molecule has 0 aliphatic carbocycles. The first-order valence-corrected chi connectivity index (χ1v) is 8.28. The highest BCUT2D eigenvalue weighted by Crippen LogP contribution is 2.59. The minimum atomic E-state index is -1.05. The largest absolute Gasteiger partial charge is 0.337 e. The number of quaternary nitrogens is 1. The minimum absolute atomic E-state index is 0.400. The van der Waals surface area contributed by atoms with Crippen LogP contribution in [0.15, 0.2) is 0 Å². The summed E-state index contributed by atoms with van der Waals surface area (Å²) in [6.45, 7) is 8.03. The molecule has 1 N–H and O–H groups in total. The van der Waals surface area contributed by atoms with Crippen LogP contribution in [0.5, 0.6) is 0 Å². The molecule has 0 bridgehead atoms. The van der Waals surface area contributed by atoms with Crippen molar-refractivity contribution in [1.82, 2.24) is 5.32 Å². The average molecular weight is 293 g/mol. The molecule has 1 aliphatic rings. The lowest BCUT2D eigenvalue weighted by atomic mass is 10.1. The Bertz CT molecular complexity index is 258. The molecule has 0 aromatic carbocycles. The maximum atomic E-state index is 5.67. The summed E-state index contributed by atoms with van der Waals surface area (Å²) in [6.07, 6.45) is 3.28. The number of hydrogen-bond acceptors (Lipinski definition) is 4. The van der Waals surface area contributed by atoms with Crippen LogP contribution >= 0.6 is 8.60 Å². The Balaban J connectivity index is 2.08. The standard InChI is InChI=1S/C13H30N2O3P/c1-6-16-19-17-13(2,18-19)9-7-8-11-15(4,5)12-10-14-3/h14H,6-12H2,1-5H3/q+1. The third-order valence-corrected chi connectivity index (χ3v) is 4.92. The molecule has 6 heteroatoms. The van der Waals surface area contributed by atoms with Crippen molar-refractivity contribution in [2.24, 2.45) is 0 Å². The second-order valence-corrected chi connectivity index (χ2v) is 6.97. The summed E-state index contributed by atoms with van der Waals surface area (Å²) in [4.78, 5) is 0. The second-order valence-electron chi connectivity index (χ2n) is 5.90. The van der Waals surface area contributed by atoms with Crippen molar-refractivity contribution in [2.45, 2.75) is 38.9 Å². The molecular formula is C13H30N2O3P+. The Morgan fingerprint density at radius 2 is 1.89 bits per heavy atom. The average Bonchev–Trinajstić information content (AvgIpc) is 2.31. The van der Waals surface area contributed by atoms with E-state index in [-0.39, 0.29) is 0 Å². The van der Waals surface area contributed by atoms with Gasteiger partial charge in [0.2, 0.25) is 0 Å². The summed E-state index contributed by atoms with van der Waals surface area (Å²) in [5.74, 6) is -0.400. The Morgan fingerprint density at radius 1 is 1.21 bits per heavy atom. The molecule has 1 saturated heterocycles. The second kappa shape index (κ2) is 7.87. The minimum Gasteiger partial charge on any atom is -0.327 e. The van der Waals surface area contributed by atoms with Crippen molar-refractivity contribution in [2.75, 3.05) is 47.4 Å². The van der Waals surface area contributed by atoms with Crippen molar-refractivity contribution in [3.05, 3.63) is 0 Å². The lowest BCUT2D eigenvalue weighted by Crippen LogP contribution is -2.45. The molecular weight excluding hydrogens is 263 g/mol. The van der Waals surface area contributed by atoms with E-state index in [4.69, 9.17) is 13.6 Å². The van der Waals surface area contributed by atoms with Gasteiger partial charge in [-0.2, -0.15) is 0 Å². The van der Waals surface area contributed by atoms with E-state index in [0.29, 0.717) is 6.61 Å². The maximum absolute atomic E-state index is 5.67. The number of hydrogen-bond donors (Lipinski definition) is 1. The summed E-state index contributed by atoms with van der Waals surface area (Å²) in [6, 6.07) is 0. The lowest BCUT2D eigenvalue weighted by Gasteiger charge is -2.42. The van der Waals surface area contributed by atoms with Gasteiger partial charge in [-0.05, 0) is 33.7 Å². The molecule has 0 atom stereocenters. The van der Waals surface area contributed by atoms with Crippen LogP contribution in [-0.2, 0) is 13.6 Å². The lowest BCUT2D eigenvalue weighted by molar-refractivity contribution is -0.889. The summed E-state index contributed by atoms with van der Waals surface area (Å²) >= 11 is 0. The van der Waals surface area contributed by atoms with Crippen LogP contribution in [0.25, 0.3) is 0 Å². The molecule has 1 fully saturated rings. The van der Waals surface area contributed by atoms with Crippen LogP contribution in [0.1, 0.15) is 33.1 Å². The van der Waals surface area contributed by atoms with Crippen molar-refractivity contribution >= 4 is 8.60 Å². The predicted molar refractivity (Wildman–Crippen MR) is 78.7 cm³/mol. The Morgan fingerprint density at radius 3 is 2.47 bits per heavy atom. The normalized spacial score (nSPS) is 27.3. The third kappa shape index (κ3) is 6.48. The van der Waals surface area contributed by atoms with Crippen LogP contribution < -0.4 is 5.32 Å². The molecule has 5 nitrogen and oxygen atoms in total. The molecule has 0 unspecified atom stereocenters. The van der Waals surface area contributed by atoms with E-state index in [1.165, 1.54) is 13.0 Å². The molecule has 0 saturated carbocycles. The molecule has 0 radical (unpaired) electrons. The first-order valence-electron chi connectivity index (χ1n) is 7.19. The quantitative estimate of drug-likeness (QED) is 0.381. The molecule has 1 rings (SSSR count). The summed E-state index contributed by atoms with van der Waals surface area (Å²) in [7, 11) is 5.52. The molecule has 0 aromatic rings. The molecule has 114 valence electrons. The van der Waals surface area contributed by atoms with Gasteiger partial charge in [-0.1, -0.05) is 0 Å². The van der Waals surface area contributed by atoms with Crippen LogP contribution in [-0.4, -0.2) is 57.7 Å². The van der Waals surface area contributed by atoms with Crippen molar-refractivity contribution in [1.29, 1.82) is 0 Å². The fourth-order valence-corrected chi connectivity index (χ4v) is 3.23. The highest BCUT2D eigenvalue weighted by molar-refractivity contribution is 7.42. The summed E-state index contributed by atoms with van der Waals surface area (Å²) < 4.78 is 17.7. The summed E-state index contributed by atoms with van der Waals surface area (Å²) in [5.41, 5.74) is 0. The van der Waals surface area contributed by atoms with Gasteiger partial charge >= 0.3 is 8.60 Å². The molecule has 1 heterocycles. The van der Waals surface area contributed by atoms with Crippen molar-refractivity contribution < 1.29 is 18.1 Å². The van der Waals surface area contributed by atoms with Gasteiger partial charge in [0.1, 0.15) is 0 Å². The number of nitrogens with zero attached hydrogens (tertiary/aromatic N) is 1. The molecule has 0 amide bonds. The maximum Gasteiger partial charge on any atom is 0.337 e. The molecule has 0 spiro atoms.